The maximum atomic E-state index is 11.8. The molecule has 0 unspecified atom stereocenters. The molecule has 0 aliphatic heterocycles. The van der Waals surface area contributed by atoms with Crippen LogP contribution in [-0.4, -0.2) is 25.2 Å². The molecule has 0 aromatic carbocycles. The van der Waals surface area contributed by atoms with Crippen LogP contribution in [0.15, 0.2) is 15.9 Å². The molecular formula is C14H20BrNO2S. The van der Waals surface area contributed by atoms with Crippen molar-refractivity contribution < 1.29 is 9.53 Å². The Morgan fingerprint density at radius 1 is 1.42 bits per heavy atom. The summed E-state index contributed by atoms with van der Waals surface area (Å²) in [5, 5.41) is 4.83. The Kier molecular flexibility index (Phi) is 6.34. The molecule has 1 amide bonds. The van der Waals surface area contributed by atoms with E-state index >= 15 is 0 Å². The zero-order valence-corrected chi connectivity index (χ0v) is 13.4. The molecule has 1 heterocycles. The summed E-state index contributed by atoms with van der Waals surface area (Å²) in [5.74, 6) is -0.000425. The number of nitrogens with one attached hydrogen (secondary N) is 1. The van der Waals surface area contributed by atoms with Crippen LogP contribution >= 0.6 is 27.3 Å². The number of hydrogen-bond acceptors (Lipinski definition) is 3. The van der Waals surface area contributed by atoms with Crippen molar-refractivity contribution in [3.63, 3.8) is 0 Å². The molecule has 5 heteroatoms. The van der Waals surface area contributed by atoms with E-state index in [2.05, 4.69) is 21.2 Å². The van der Waals surface area contributed by atoms with Gasteiger partial charge >= 0.3 is 0 Å². The van der Waals surface area contributed by atoms with E-state index in [9.17, 15) is 4.79 Å². The van der Waals surface area contributed by atoms with Gasteiger partial charge in [-0.1, -0.05) is 19.3 Å². The van der Waals surface area contributed by atoms with Crippen molar-refractivity contribution in [2.24, 2.45) is 0 Å². The minimum atomic E-state index is -0.000425. The first-order valence-corrected chi connectivity index (χ1v) is 8.57. The topological polar surface area (TPSA) is 38.3 Å². The predicted octanol–water partition coefficient (Wildman–Crippen LogP) is 3.98. The van der Waals surface area contributed by atoms with Gasteiger partial charge in [0.05, 0.1) is 6.10 Å². The molecule has 0 bridgehead atoms. The largest absolute Gasteiger partial charge is 0.378 e. The summed E-state index contributed by atoms with van der Waals surface area (Å²) >= 11 is 4.82. The molecule has 19 heavy (non-hydrogen) atoms. The summed E-state index contributed by atoms with van der Waals surface area (Å²) in [6, 6.07) is 1.89. The fourth-order valence-electron chi connectivity index (χ4n) is 2.29. The normalized spacial score (nSPS) is 16.5. The van der Waals surface area contributed by atoms with E-state index < -0.39 is 0 Å². The lowest BCUT2D eigenvalue weighted by Crippen LogP contribution is -2.25. The van der Waals surface area contributed by atoms with Crippen LogP contribution in [0.2, 0.25) is 0 Å². The van der Waals surface area contributed by atoms with Crippen LogP contribution in [0.4, 0.5) is 0 Å². The molecule has 106 valence electrons. The molecule has 3 nitrogen and oxygen atoms in total. The third-order valence-corrected chi connectivity index (χ3v) is 5.17. The third kappa shape index (κ3) is 4.89. The van der Waals surface area contributed by atoms with Crippen LogP contribution in [0.3, 0.4) is 0 Å². The Morgan fingerprint density at radius 2 is 2.21 bits per heavy atom. The molecule has 0 spiro atoms. The smallest absolute Gasteiger partial charge is 0.262 e. The SMILES string of the molecule is O=C(NCCCOC1CCCCC1)c1sccc1Br. The minimum Gasteiger partial charge on any atom is -0.378 e. The van der Waals surface area contributed by atoms with Crippen molar-refractivity contribution in [1.29, 1.82) is 0 Å². The molecule has 1 N–H and O–H groups in total. The quantitative estimate of drug-likeness (QED) is 0.792. The van der Waals surface area contributed by atoms with Gasteiger partial charge in [0.1, 0.15) is 4.88 Å². The van der Waals surface area contributed by atoms with E-state index in [1.807, 2.05) is 11.4 Å². The van der Waals surface area contributed by atoms with Crippen LogP contribution in [0.1, 0.15) is 48.2 Å². The molecule has 1 saturated carbocycles. The first kappa shape index (κ1) is 15.0. The number of carbonyl (C=O) groups is 1. The molecule has 1 aliphatic rings. The second-order valence-corrected chi connectivity index (χ2v) is 6.61. The van der Waals surface area contributed by atoms with E-state index in [0.29, 0.717) is 12.6 Å². The Hall–Kier alpha value is -0.390. The Morgan fingerprint density at radius 3 is 2.89 bits per heavy atom. The van der Waals surface area contributed by atoms with E-state index in [0.717, 1.165) is 22.4 Å². The highest BCUT2D eigenvalue weighted by Gasteiger charge is 2.13. The molecule has 0 radical (unpaired) electrons. The average Bonchev–Trinajstić information content (AvgIpc) is 2.86. The average molecular weight is 346 g/mol. The fourth-order valence-corrected chi connectivity index (χ4v) is 3.76. The first-order chi connectivity index (χ1) is 9.27. The number of carbonyl (C=O) groups excluding carboxylic acids is 1. The lowest BCUT2D eigenvalue weighted by atomic mass is 9.98. The highest BCUT2D eigenvalue weighted by Crippen LogP contribution is 2.22. The Bertz CT molecular complexity index is 402. The van der Waals surface area contributed by atoms with Crippen LogP contribution in [0.25, 0.3) is 0 Å². The van der Waals surface area contributed by atoms with Crippen molar-refractivity contribution in [3.05, 3.63) is 20.8 Å². The highest BCUT2D eigenvalue weighted by molar-refractivity contribution is 9.10. The van der Waals surface area contributed by atoms with Gasteiger partial charge in [-0.3, -0.25) is 4.79 Å². The number of ether oxygens (including phenoxy) is 1. The van der Waals surface area contributed by atoms with Gasteiger partial charge in [-0.15, -0.1) is 11.3 Å². The van der Waals surface area contributed by atoms with Crippen molar-refractivity contribution in [2.75, 3.05) is 13.2 Å². The molecule has 0 atom stereocenters. The number of rotatable bonds is 6. The third-order valence-electron chi connectivity index (χ3n) is 3.34. The van der Waals surface area contributed by atoms with E-state index in [-0.39, 0.29) is 5.91 Å². The van der Waals surface area contributed by atoms with E-state index in [4.69, 9.17) is 4.74 Å². The molecule has 0 saturated heterocycles. The van der Waals surface area contributed by atoms with E-state index in [1.165, 1.54) is 43.4 Å². The molecular weight excluding hydrogens is 326 g/mol. The van der Waals surface area contributed by atoms with E-state index in [1.54, 1.807) is 0 Å². The van der Waals surface area contributed by atoms with Crippen molar-refractivity contribution in [1.82, 2.24) is 5.32 Å². The monoisotopic (exact) mass is 345 g/mol. The maximum absolute atomic E-state index is 11.8. The minimum absolute atomic E-state index is 0.000425. The van der Waals surface area contributed by atoms with Crippen molar-refractivity contribution >= 4 is 33.2 Å². The van der Waals surface area contributed by atoms with Gasteiger partial charge in [-0.2, -0.15) is 0 Å². The molecule has 1 fully saturated rings. The first-order valence-electron chi connectivity index (χ1n) is 6.90. The van der Waals surface area contributed by atoms with Gasteiger partial charge < -0.3 is 10.1 Å². The summed E-state index contributed by atoms with van der Waals surface area (Å²) in [6.45, 7) is 1.42. The highest BCUT2D eigenvalue weighted by atomic mass is 79.9. The molecule has 2 rings (SSSR count). The Balaban J connectivity index is 1.56. The van der Waals surface area contributed by atoms with Crippen LogP contribution < -0.4 is 5.32 Å². The number of hydrogen-bond donors (Lipinski definition) is 1. The summed E-state index contributed by atoms with van der Waals surface area (Å²) in [4.78, 5) is 12.6. The summed E-state index contributed by atoms with van der Waals surface area (Å²) < 4.78 is 6.69. The maximum Gasteiger partial charge on any atom is 0.262 e. The summed E-state index contributed by atoms with van der Waals surface area (Å²) in [6.07, 6.45) is 7.69. The van der Waals surface area contributed by atoms with Gasteiger partial charge in [-0.25, -0.2) is 0 Å². The second-order valence-electron chi connectivity index (χ2n) is 4.84. The summed E-state index contributed by atoms with van der Waals surface area (Å²) in [7, 11) is 0. The molecule has 1 aromatic rings. The lowest BCUT2D eigenvalue weighted by molar-refractivity contribution is 0.0273. The second kappa shape index (κ2) is 8.02. The van der Waals surface area contributed by atoms with Crippen LogP contribution in [0, 0.1) is 0 Å². The predicted molar refractivity (Wildman–Crippen MR) is 81.8 cm³/mol. The summed E-state index contributed by atoms with van der Waals surface area (Å²) in [5.41, 5.74) is 0. The zero-order chi connectivity index (χ0) is 13.5. The fraction of sp³-hybridized carbons (Fsp3) is 0.643. The van der Waals surface area contributed by atoms with Crippen molar-refractivity contribution in [2.45, 2.75) is 44.6 Å². The van der Waals surface area contributed by atoms with Crippen LogP contribution in [0.5, 0.6) is 0 Å². The lowest BCUT2D eigenvalue weighted by Gasteiger charge is -2.21. The van der Waals surface area contributed by atoms with Crippen LogP contribution in [-0.2, 0) is 4.74 Å². The molecule has 1 aromatic heterocycles. The van der Waals surface area contributed by atoms with Gasteiger partial charge in [-0.05, 0) is 46.6 Å². The van der Waals surface area contributed by atoms with Crippen molar-refractivity contribution in [3.8, 4) is 0 Å². The van der Waals surface area contributed by atoms with Gasteiger partial charge in [0.15, 0.2) is 0 Å². The van der Waals surface area contributed by atoms with Gasteiger partial charge in [0.25, 0.3) is 5.91 Å². The standard InChI is InChI=1S/C14H20BrNO2S/c15-12-7-10-19-13(12)14(17)16-8-4-9-18-11-5-2-1-3-6-11/h7,10-11H,1-6,8-9H2,(H,16,17). The Labute approximate surface area is 126 Å². The van der Waals surface area contributed by atoms with Gasteiger partial charge in [0.2, 0.25) is 0 Å². The number of thiophene rings is 1. The number of halogens is 1. The zero-order valence-electron chi connectivity index (χ0n) is 11.0. The molecule has 1 aliphatic carbocycles. The number of amides is 1. The van der Waals surface area contributed by atoms with Gasteiger partial charge in [0, 0.05) is 17.6 Å².